The van der Waals surface area contributed by atoms with Crippen molar-refractivity contribution in [2.45, 2.75) is 225 Å². The molecule has 2 aromatic heterocycles. The summed E-state index contributed by atoms with van der Waals surface area (Å²) < 4.78 is 63.6. The highest BCUT2D eigenvalue weighted by atomic mass is 31.2. The second kappa shape index (κ2) is 32.5. The number of unbranched alkanes of at least 4 members (excludes halogenated alkanes) is 16. The van der Waals surface area contributed by atoms with Crippen LogP contribution in [-0.4, -0.2) is 61.9 Å². The fraction of sp³-hybridized carbons (Fsp3) is 0.638. The Bertz CT molecular complexity index is 2310. The van der Waals surface area contributed by atoms with E-state index in [-0.39, 0.29) is 41.7 Å². The molecule has 0 radical (unpaired) electrons. The lowest BCUT2D eigenvalue weighted by Gasteiger charge is -2.32. The molecule has 2 aromatic carbocycles. The molecule has 16 heteroatoms. The van der Waals surface area contributed by atoms with Gasteiger partial charge in [0.15, 0.2) is 22.6 Å². The van der Waals surface area contributed by atoms with E-state index in [1.165, 1.54) is 87.9 Å². The van der Waals surface area contributed by atoms with E-state index in [1.54, 1.807) is 30.3 Å². The highest BCUT2D eigenvalue weighted by Crippen LogP contribution is 2.49. The van der Waals surface area contributed by atoms with Gasteiger partial charge in [0.2, 0.25) is 0 Å². The fourth-order valence-corrected chi connectivity index (χ4v) is 11.3. The molecule has 4 aromatic rings. The molecule has 0 unspecified atom stereocenters. The average Bonchev–Trinajstić information content (AvgIpc) is 3.99. The van der Waals surface area contributed by atoms with Crippen LogP contribution in [0.1, 0.15) is 200 Å². The van der Waals surface area contributed by atoms with Gasteiger partial charge in [0.25, 0.3) is 0 Å². The van der Waals surface area contributed by atoms with Crippen LogP contribution in [-0.2, 0) is 39.3 Å². The first-order chi connectivity index (χ1) is 36.0. The number of hydrogen-bond acceptors (Lipinski definition) is 12. The number of anilines is 1. The Morgan fingerprint density at radius 2 is 1.35 bits per heavy atom. The van der Waals surface area contributed by atoms with Gasteiger partial charge in [-0.1, -0.05) is 198 Å². The lowest BCUT2D eigenvalue weighted by Crippen LogP contribution is -2.47. The van der Waals surface area contributed by atoms with Gasteiger partial charge >= 0.3 is 25.8 Å². The van der Waals surface area contributed by atoms with Gasteiger partial charge in [-0.15, -0.1) is 6.42 Å². The Morgan fingerprint density at radius 3 is 1.91 bits per heavy atom. The van der Waals surface area contributed by atoms with Crippen molar-refractivity contribution in [2.75, 3.05) is 12.3 Å². The number of nitrogen functional groups attached to an aromatic ring is 1. The van der Waals surface area contributed by atoms with E-state index in [0.717, 1.165) is 69.8 Å². The summed E-state index contributed by atoms with van der Waals surface area (Å²) in [5, 5.41) is 3.01. The maximum Gasteiger partial charge on any atom is 0.459 e. The van der Waals surface area contributed by atoms with Crippen LogP contribution >= 0.6 is 7.75 Å². The van der Waals surface area contributed by atoms with Crippen LogP contribution in [0.15, 0.2) is 67.0 Å². The highest BCUT2D eigenvalue weighted by molar-refractivity contribution is 7.52. The number of ether oxygens (including phenoxy) is 3. The Hall–Kier alpha value is -4.87. The van der Waals surface area contributed by atoms with E-state index >= 15 is 4.57 Å². The summed E-state index contributed by atoms with van der Waals surface area (Å²) >= 11 is 0. The van der Waals surface area contributed by atoms with Gasteiger partial charge in [0.05, 0.1) is 12.2 Å². The molecule has 0 spiro atoms. The van der Waals surface area contributed by atoms with Crippen LogP contribution in [0.25, 0.3) is 11.2 Å². The number of nitrogens with zero attached hydrogens (tertiary/aromatic N) is 4. The number of hydrogen-bond donors (Lipinski definition) is 2. The second-order valence-electron chi connectivity index (χ2n) is 20.1. The van der Waals surface area contributed by atoms with Crippen LogP contribution in [0.4, 0.5) is 10.2 Å². The molecule has 3 N–H and O–H groups in total. The van der Waals surface area contributed by atoms with Crippen LogP contribution in [0.3, 0.4) is 0 Å². The molecule has 0 bridgehead atoms. The van der Waals surface area contributed by atoms with Gasteiger partial charge in [-0.05, 0) is 62.6 Å². The monoisotopic (exact) mass is 1040 g/mol. The highest BCUT2D eigenvalue weighted by Gasteiger charge is 2.54. The molecule has 1 aliphatic heterocycles. The molecular formula is C58H86FN6O8P. The molecule has 1 saturated heterocycles. The maximum absolute atomic E-state index is 15.6. The quantitative estimate of drug-likeness (QED) is 0.0143. The smallest absolute Gasteiger partial charge is 0.459 e. The molecule has 5 atom stereocenters. The van der Waals surface area contributed by atoms with Crippen molar-refractivity contribution < 1.29 is 41.8 Å². The molecule has 0 aliphatic carbocycles. The largest absolute Gasteiger partial charge is 0.461 e. The first kappa shape index (κ1) is 60.0. The number of nitrogens with one attached hydrogen (secondary N) is 1. The maximum atomic E-state index is 15.6. The first-order valence-electron chi connectivity index (χ1n) is 28.0. The van der Waals surface area contributed by atoms with Crippen molar-refractivity contribution in [3.05, 3.63) is 78.6 Å². The van der Waals surface area contributed by atoms with Gasteiger partial charge in [-0.3, -0.25) is 18.7 Å². The third kappa shape index (κ3) is 19.4. The van der Waals surface area contributed by atoms with E-state index < -0.39 is 62.3 Å². The van der Waals surface area contributed by atoms with Gasteiger partial charge in [0.1, 0.15) is 36.8 Å². The van der Waals surface area contributed by atoms with E-state index in [1.807, 2.05) is 44.2 Å². The average molecular weight is 1050 g/mol. The Labute approximate surface area is 441 Å². The summed E-state index contributed by atoms with van der Waals surface area (Å²) in [4.78, 5) is 40.6. The molecule has 14 nitrogen and oxygen atoms in total. The van der Waals surface area contributed by atoms with Crippen LogP contribution < -0.4 is 15.3 Å². The predicted octanol–water partition coefficient (Wildman–Crippen LogP) is 14.1. The van der Waals surface area contributed by atoms with Crippen LogP contribution in [0, 0.1) is 24.3 Å². The molecule has 5 rings (SSSR count). The van der Waals surface area contributed by atoms with Crippen LogP contribution in [0.5, 0.6) is 5.75 Å². The molecule has 0 amide bonds. The number of imidazole rings is 1. The summed E-state index contributed by atoms with van der Waals surface area (Å²) in [6.45, 7) is 7.83. The lowest BCUT2D eigenvalue weighted by molar-refractivity contribution is -0.163. The number of para-hydroxylation sites is 1. The molecular weight excluding hydrogens is 959 g/mol. The minimum atomic E-state index is -4.63. The number of nitrogens with two attached hydrogens (primary N) is 1. The molecule has 0 saturated carbocycles. The summed E-state index contributed by atoms with van der Waals surface area (Å²) in [5.74, 6) is 1.23. The fourth-order valence-electron chi connectivity index (χ4n) is 9.77. The number of fused-ring (bicyclic) bond motifs is 1. The molecule has 74 heavy (non-hydrogen) atoms. The number of rotatable bonds is 38. The van der Waals surface area contributed by atoms with E-state index in [0.29, 0.717) is 12.8 Å². The number of carbonyl (C=O) groups excluding carboxylic acids is 2. The lowest BCUT2D eigenvalue weighted by atomic mass is 9.96. The Balaban J connectivity index is 1.42. The number of carbonyl (C=O) groups is 2. The first-order valence-corrected chi connectivity index (χ1v) is 29.5. The number of aromatic nitrogens is 4. The summed E-state index contributed by atoms with van der Waals surface area (Å²) in [7, 11) is -4.63. The molecule has 408 valence electrons. The van der Waals surface area contributed by atoms with E-state index in [4.69, 9.17) is 35.4 Å². The standard InChI is InChI=1S/C58H86FN6O8P/c1-6-11-13-15-17-19-21-23-29-37-47(38-30-24-22-20-18-16-14-12-7-2)70-56(67)49(41-45-35-27-25-28-36-45)64-74(68,73-48-39-31-26-32-40-48)69-43-58(10-5)50(71-55(66)46(33-8-3)34-9-4)42-51(72-58)65-44-61-52-53(60)62-57(59)63-54(52)65/h5,25-28,31-32,35-36,39-40,44,46-47,49-51H,6-9,11-24,29-30,33-34,37-38,41-43H2,1-4H3,(H,64,68)(H2,60,62,63)/t49-,50-,51+,58+,74-/m0/s1. The topological polar surface area (TPSA) is 179 Å². The molecule has 1 fully saturated rings. The van der Waals surface area contributed by atoms with Crippen molar-refractivity contribution in [3.8, 4) is 18.1 Å². The second-order valence-corrected chi connectivity index (χ2v) is 21.8. The zero-order chi connectivity index (χ0) is 53.0. The molecule has 1 aliphatic rings. The third-order valence-corrected chi connectivity index (χ3v) is 15.5. The van der Waals surface area contributed by atoms with Gasteiger partial charge in [-0.25, -0.2) is 9.55 Å². The summed E-state index contributed by atoms with van der Waals surface area (Å²) in [5.41, 5.74) is 5.09. The number of benzene rings is 2. The third-order valence-electron chi connectivity index (χ3n) is 14.0. The zero-order valence-corrected chi connectivity index (χ0v) is 45.8. The van der Waals surface area contributed by atoms with E-state index in [2.05, 4.69) is 39.8 Å². The summed E-state index contributed by atoms with van der Waals surface area (Å²) in [6, 6.07) is 16.7. The predicted molar refractivity (Wildman–Crippen MR) is 290 cm³/mol. The Morgan fingerprint density at radius 1 is 0.797 bits per heavy atom. The summed E-state index contributed by atoms with van der Waals surface area (Å²) in [6.07, 6.45) is 29.6. The van der Waals surface area contributed by atoms with Gasteiger partial charge in [0, 0.05) is 6.42 Å². The van der Waals surface area contributed by atoms with Crippen molar-refractivity contribution in [2.24, 2.45) is 5.92 Å². The van der Waals surface area contributed by atoms with E-state index in [9.17, 15) is 14.0 Å². The number of esters is 2. The van der Waals surface area contributed by atoms with Crippen molar-refractivity contribution in [1.82, 2.24) is 24.6 Å². The minimum absolute atomic E-state index is 0.0320. The SMILES string of the molecule is C#C[C@]1(CO[P@@](=O)(N[C@@H](Cc2ccccc2)C(=O)OC(CCCCCCCCCCC)CCCCCCCCCCC)Oc2ccccc2)O[C@@H](n2cnc3c(N)nc(F)nc32)C[C@@H]1OC(=O)C(CCC)CCC. The molecule has 3 heterocycles. The minimum Gasteiger partial charge on any atom is -0.461 e. The number of terminal acetylenes is 1. The Kier molecular flexibility index (Phi) is 26.4. The van der Waals surface area contributed by atoms with Gasteiger partial charge < -0.3 is 24.5 Å². The van der Waals surface area contributed by atoms with Crippen LogP contribution in [0.2, 0.25) is 0 Å². The van der Waals surface area contributed by atoms with Gasteiger partial charge in [-0.2, -0.15) is 19.4 Å². The van der Waals surface area contributed by atoms with Crippen molar-refractivity contribution >= 4 is 36.7 Å². The number of halogens is 1. The van der Waals surface area contributed by atoms with Crippen molar-refractivity contribution in [3.63, 3.8) is 0 Å². The van der Waals surface area contributed by atoms with Crippen molar-refractivity contribution in [1.29, 1.82) is 0 Å². The zero-order valence-electron chi connectivity index (χ0n) is 44.9. The normalized spacial score (nSPS) is 17.9.